The van der Waals surface area contributed by atoms with Crippen LogP contribution in [0.15, 0.2) is 41.0 Å². The molecule has 0 spiro atoms. The van der Waals surface area contributed by atoms with Gasteiger partial charge in [0, 0.05) is 11.8 Å². The number of nitrogens with one attached hydrogen (secondary N) is 1. The van der Waals surface area contributed by atoms with Crippen LogP contribution in [0.4, 0.5) is 5.82 Å². The average Bonchev–Trinajstić information content (AvgIpc) is 2.38. The molecule has 1 heterocycles. The first-order valence-electron chi connectivity index (χ1n) is 5.67. The van der Waals surface area contributed by atoms with Crippen LogP contribution >= 0.6 is 15.9 Å². The number of anilines is 1. The van der Waals surface area contributed by atoms with Gasteiger partial charge in [-0.15, -0.1) is 0 Å². The number of aromatic nitrogens is 1. The van der Waals surface area contributed by atoms with Gasteiger partial charge in [0.1, 0.15) is 11.6 Å². The Morgan fingerprint density at radius 3 is 2.74 bits per heavy atom. The van der Waals surface area contributed by atoms with Gasteiger partial charge in [-0.2, -0.15) is 0 Å². The van der Waals surface area contributed by atoms with E-state index >= 15 is 0 Å². The number of methoxy groups -OCH3 is 1. The molecule has 0 bridgehead atoms. The van der Waals surface area contributed by atoms with Crippen molar-refractivity contribution in [1.29, 1.82) is 0 Å². The second kappa shape index (κ2) is 5.84. The van der Waals surface area contributed by atoms with Crippen molar-refractivity contribution in [3.8, 4) is 5.75 Å². The molecule has 4 nitrogen and oxygen atoms in total. The van der Waals surface area contributed by atoms with Crippen LogP contribution < -0.4 is 10.1 Å². The Labute approximate surface area is 119 Å². The number of pyridine rings is 1. The SMILES string of the molecule is COc1ccc(C(=O)Nc2cc(C)ccn2)cc1Br. The summed E-state index contributed by atoms with van der Waals surface area (Å²) in [6.45, 7) is 1.95. The number of rotatable bonds is 3. The minimum atomic E-state index is -0.207. The summed E-state index contributed by atoms with van der Waals surface area (Å²) in [5.74, 6) is 1.02. The van der Waals surface area contributed by atoms with Gasteiger partial charge in [0.25, 0.3) is 5.91 Å². The van der Waals surface area contributed by atoms with E-state index in [2.05, 4.69) is 26.2 Å². The highest BCUT2D eigenvalue weighted by Crippen LogP contribution is 2.25. The standard InChI is InChI=1S/C14H13BrN2O2/c1-9-5-6-16-13(7-9)17-14(18)10-3-4-12(19-2)11(15)8-10/h3-8H,1-2H3,(H,16,17,18). The van der Waals surface area contributed by atoms with Crippen LogP contribution in [0, 0.1) is 6.92 Å². The molecule has 0 saturated heterocycles. The fourth-order valence-corrected chi connectivity index (χ4v) is 2.14. The molecule has 0 aliphatic rings. The molecule has 5 heteroatoms. The van der Waals surface area contributed by atoms with Gasteiger partial charge < -0.3 is 10.1 Å². The van der Waals surface area contributed by atoms with Crippen molar-refractivity contribution < 1.29 is 9.53 Å². The summed E-state index contributed by atoms with van der Waals surface area (Å²) in [6.07, 6.45) is 1.66. The van der Waals surface area contributed by atoms with E-state index in [4.69, 9.17) is 4.74 Å². The summed E-state index contributed by atoms with van der Waals surface area (Å²) in [6, 6.07) is 8.84. The van der Waals surface area contributed by atoms with Crippen molar-refractivity contribution in [3.63, 3.8) is 0 Å². The molecule has 1 amide bonds. The smallest absolute Gasteiger partial charge is 0.256 e. The maximum absolute atomic E-state index is 12.1. The third-order valence-corrected chi connectivity index (χ3v) is 3.19. The van der Waals surface area contributed by atoms with E-state index in [-0.39, 0.29) is 5.91 Å². The molecule has 0 saturated carbocycles. The predicted octanol–water partition coefficient (Wildman–Crippen LogP) is 3.41. The molecule has 1 N–H and O–H groups in total. The van der Waals surface area contributed by atoms with Crippen molar-refractivity contribution in [2.24, 2.45) is 0 Å². The number of aryl methyl sites for hydroxylation is 1. The molecular weight excluding hydrogens is 308 g/mol. The lowest BCUT2D eigenvalue weighted by atomic mass is 10.2. The van der Waals surface area contributed by atoms with Gasteiger partial charge in [-0.3, -0.25) is 4.79 Å². The summed E-state index contributed by atoms with van der Waals surface area (Å²) in [7, 11) is 1.58. The molecule has 19 heavy (non-hydrogen) atoms. The number of hydrogen-bond donors (Lipinski definition) is 1. The highest BCUT2D eigenvalue weighted by molar-refractivity contribution is 9.10. The average molecular weight is 321 g/mol. The van der Waals surface area contributed by atoms with Crippen LogP contribution in [-0.2, 0) is 0 Å². The van der Waals surface area contributed by atoms with Crippen molar-refractivity contribution >= 4 is 27.7 Å². The number of nitrogens with zero attached hydrogens (tertiary/aromatic N) is 1. The van der Waals surface area contributed by atoms with E-state index in [1.54, 1.807) is 31.5 Å². The van der Waals surface area contributed by atoms with Crippen LogP contribution in [0.1, 0.15) is 15.9 Å². The normalized spacial score (nSPS) is 10.1. The number of hydrogen-bond acceptors (Lipinski definition) is 3. The summed E-state index contributed by atoms with van der Waals surface area (Å²) in [4.78, 5) is 16.2. The van der Waals surface area contributed by atoms with Crippen LogP contribution in [0.25, 0.3) is 0 Å². The van der Waals surface area contributed by atoms with E-state index in [9.17, 15) is 4.79 Å². The molecule has 2 aromatic rings. The zero-order valence-electron chi connectivity index (χ0n) is 10.6. The molecule has 0 atom stereocenters. The first-order valence-corrected chi connectivity index (χ1v) is 6.47. The molecule has 2 rings (SSSR count). The van der Waals surface area contributed by atoms with Gasteiger partial charge in [-0.25, -0.2) is 4.98 Å². The van der Waals surface area contributed by atoms with Gasteiger partial charge in [-0.05, 0) is 58.7 Å². The van der Waals surface area contributed by atoms with Crippen LogP contribution in [0.5, 0.6) is 5.75 Å². The molecule has 0 radical (unpaired) electrons. The number of ether oxygens (including phenoxy) is 1. The van der Waals surface area contributed by atoms with Gasteiger partial charge in [0.05, 0.1) is 11.6 Å². The first kappa shape index (κ1) is 13.5. The van der Waals surface area contributed by atoms with E-state index in [1.165, 1.54) is 0 Å². The van der Waals surface area contributed by atoms with Gasteiger partial charge in [0.15, 0.2) is 0 Å². The third kappa shape index (κ3) is 3.32. The second-order valence-corrected chi connectivity index (χ2v) is 4.88. The molecule has 0 aliphatic heterocycles. The summed E-state index contributed by atoms with van der Waals surface area (Å²) < 4.78 is 5.86. The molecule has 1 aromatic carbocycles. The highest BCUT2D eigenvalue weighted by Gasteiger charge is 2.09. The quantitative estimate of drug-likeness (QED) is 0.942. The van der Waals surface area contributed by atoms with Crippen molar-refractivity contribution in [2.45, 2.75) is 6.92 Å². The monoisotopic (exact) mass is 320 g/mol. The second-order valence-electron chi connectivity index (χ2n) is 4.02. The van der Waals surface area contributed by atoms with Gasteiger partial charge in [-0.1, -0.05) is 0 Å². The van der Waals surface area contributed by atoms with E-state index in [1.807, 2.05) is 19.1 Å². The van der Waals surface area contributed by atoms with Crippen LogP contribution in [0.2, 0.25) is 0 Å². The van der Waals surface area contributed by atoms with E-state index < -0.39 is 0 Å². The number of carbonyl (C=O) groups excluding carboxylic acids is 1. The fraction of sp³-hybridized carbons (Fsp3) is 0.143. The fourth-order valence-electron chi connectivity index (χ4n) is 1.60. The number of carbonyl (C=O) groups is 1. The van der Waals surface area contributed by atoms with Gasteiger partial charge in [0.2, 0.25) is 0 Å². The lowest BCUT2D eigenvalue weighted by molar-refractivity contribution is 0.102. The minimum absolute atomic E-state index is 0.207. The van der Waals surface area contributed by atoms with E-state index in [0.29, 0.717) is 17.1 Å². The molecular formula is C14H13BrN2O2. The Balaban J connectivity index is 2.18. The van der Waals surface area contributed by atoms with Crippen molar-refractivity contribution in [3.05, 3.63) is 52.1 Å². The molecule has 0 aliphatic carbocycles. The van der Waals surface area contributed by atoms with Crippen molar-refractivity contribution in [2.75, 3.05) is 12.4 Å². The van der Waals surface area contributed by atoms with Crippen LogP contribution in [0.3, 0.4) is 0 Å². The maximum Gasteiger partial charge on any atom is 0.256 e. The zero-order chi connectivity index (χ0) is 13.8. The number of amides is 1. The Morgan fingerprint density at radius 1 is 1.32 bits per heavy atom. The highest BCUT2D eigenvalue weighted by atomic mass is 79.9. The zero-order valence-corrected chi connectivity index (χ0v) is 12.2. The Morgan fingerprint density at radius 2 is 2.11 bits per heavy atom. The number of benzene rings is 1. The molecule has 0 fully saturated rings. The topological polar surface area (TPSA) is 51.2 Å². The lowest BCUT2D eigenvalue weighted by Crippen LogP contribution is -2.13. The molecule has 0 unspecified atom stereocenters. The first-order chi connectivity index (χ1) is 9.10. The summed E-state index contributed by atoms with van der Waals surface area (Å²) >= 11 is 3.35. The Kier molecular flexibility index (Phi) is 4.16. The summed E-state index contributed by atoms with van der Waals surface area (Å²) in [5, 5.41) is 2.75. The van der Waals surface area contributed by atoms with E-state index in [0.717, 1.165) is 10.0 Å². The minimum Gasteiger partial charge on any atom is -0.496 e. The predicted molar refractivity (Wildman–Crippen MR) is 77.6 cm³/mol. The van der Waals surface area contributed by atoms with Crippen LogP contribution in [-0.4, -0.2) is 18.0 Å². The molecule has 1 aromatic heterocycles. The third-order valence-electron chi connectivity index (χ3n) is 2.57. The maximum atomic E-state index is 12.1. The molecule has 98 valence electrons. The Hall–Kier alpha value is -1.88. The number of halogens is 1. The van der Waals surface area contributed by atoms with Gasteiger partial charge >= 0.3 is 0 Å². The van der Waals surface area contributed by atoms with Crippen molar-refractivity contribution in [1.82, 2.24) is 4.98 Å². The Bertz CT molecular complexity index is 614. The largest absolute Gasteiger partial charge is 0.496 e. The summed E-state index contributed by atoms with van der Waals surface area (Å²) in [5.41, 5.74) is 1.58. The lowest BCUT2D eigenvalue weighted by Gasteiger charge is -2.07.